The SMILES string of the molecule is CN(CCNCc1cccs1)C1CCCCC1. The van der Waals surface area contributed by atoms with Crippen LogP contribution >= 0.6 is 11.3 Å². The molecular formula is C14H24N2S. The van der Waals surface area contributed by atoms with Gasteiger partial charge in [-0.05, 0) is 31.3 Å². The van der Waals surface area contributed by atoms with Crippen molar-refractivity contribution < 1.29 is 0 Å². The second-order valence-corrected chi connectivity index (χ2v) is 6.06. The fraction of sp³-hybridized carbons (Fsp3) is 0.714. The van der Waals surface area contributed by atoms with Crippen molar-refractivity contribution in [1.82, 2.24) is 10.2 Å². The lowest BCUT2D eigenvalue weighted by molar-refractivity contribution is 0.192. The lowest BCUT2D eigenvalue weighted by Crippen LogP contribution is -2.37. The van der Waals surface area contributed by atoms with E-state index in [0.29, 0.717) is 0 Å². The van der Waals surface area contributed by atoms with Crippen molar-refractivity contribution in [3.8, 4) is 0 Å². The highest BCUT2D eigenvalue weighted by Crippen LogP contribution is 2.21. The number of nitrogens with zero attached hydrogens (tertiary/aromatic N) is 1. The van der Waals surface area contributed by atoms with Gasteiger partial charge in [0.05, 0.1) is 0 Å². The van der Waals surface area contributed by atoms with Gasteiger partial charge in [0.1, 0.15) is 0 Å². The molecule has 0 saturated heterocycles. The molecule has 0 bridgehead atoms. The smallest absolute Gasteiger partial charge is 0.0300 e. The van der Waals surface area contributed by atoms with Crippen molar-refractivity contribution in [3.05, 3.63) is 22.4 Å². The van der Waals surface area contributed by atoms with Gasteiger partial charge in [-0.25, -0.2) is 0 Å². The van der Waals surface area contributed by atoms with Crippen LogP contribution in [0.3, 0.4) is 0 Å². The standard InChI is InChI=1S/C14H24N2S/c1-16(13-6-3-2-4-7-13)10-9-15-12-14-8-5-11-17-14/h5,8,11,13,15H,2-4,6-7,9-10,12H2,1H3. The first-order valence-electron chi connectivity index (χ1n) is 6.79. The molecule has 17 heavy (non-hydrogen) atoms. The van der Waals surface area contributed by atoms with Crippen molar-refractivity contribution in [1.29, 1.82) is 0 Å². The van der Waals surface area contributed by atoms with Crippen LogP contribution in [0.25, 0.3) is 0 Å². The van der Waals surface area contributed by atoms with E-state index in [1.54, 1.807) is 0 Å². The summed E-state index contributed by atoms with van der Waals surface area (Å²) in [6.07, 6.45) is 7.11. The molecule has 1 saturated carbocycles. The summed E-state index contributed by atoms with van der Waals surface area (Å²) >= 11 is 1.83. The van der Waals surface area contributed by atoms with Gasteiger partial charge in [0.15, 0.2) is 0 Å². The molecule has 1 aromatic heterocycles. The first kappa shape index (κ1) is 13.1. The monoisotopic (exact) mass is 252 g/mol. The summed E-state index contributed by atoms with van der Waals surface area (Å²) < 4.78 is 0. The Morgan fingerprint density at radius 2 is 2.18 bits per heavy atom. The third-order valence-corrected chi connectivity index (χ3v) is 4.60. The highest BCUT2D eigenvalue weighted by molar-refractivity contribution is 7.09. The van der Waals surface area contributed by atoms with Gasteiger partial charge in [-0.1, -0.05) is 25.3 Å². The predicted octanol–water partition coefficient (Wildman–Crippen LogP) is 3.10. The lowest BCUT2D eigenvalue weighted by atomic mass is 9.94. The Kier molecular flexibility index (Phi) is 5.49. The molecule has 1 heterocycles. The Morgan fingerprint density at radius 1 is 1.35 bits per heavy atom. The fourth-order valence-corrected chi connectivity index (χ4v) is 3.26. The summed E-state index contributed by atoms with van der Waals surface area (Å²) in [5.41, 5.74) is 0. The first-order valence-corrected chi connectivity index (χ1v) is 7.67. The second kappa shape index (κ2) is 7.14. The molecule has 1 N–H and O–H groups in total. The van der Waals surface area contributed by atoms with Crippen LogP contribution in [-0.4, -0.2) is 31.1 Å². The lowest BCUT2D eigenvalue weighted by Gasteiger charge is -2.31. The molecule has 0 aliphatic heterocycles. The molecule has 0 unspecified atom stereocenters. The molecule has 0 radical (unpaired) electrons. The zero-order chi connectivity index (χ0) is 11.9. The van der Waals surface area contributed by atoms with Crippen LogP contribution in [0.1, 0.15) is 37.0 Å². The summed E-state index contributed by atoms with van der Waals surface area (Å²) in [4.78, 5) is 3.98. The summed E-state index contributed by atoms with van der Waals surface area (Å²) in [6, 6.07) is 5.16. The van der Waals surface area contributed by atoms with E-state index < -0.39 is 0 Å². The molecular weight excluding hydrogens is 228 g/mol. The highest BCUT2D eigenvalue weighted by Gasteiger charge is 2.16. The van der Waals surface area contributed by atoms with Crippen LogP contribution < -0.4 is 5.32 Å². The van der Waals surface area contributed by atoms with Crippen molar-refractivity contribution in [3.63, 3.8) is 0 Å². The molecule has 0 atom stereocenters. The summed E-state index contributed by atoms with van der Waals surface area (Å²) in [5.74, 6) is 0. The van der Waals surface area contributed by atoms with Gasteiger partial charge in [-0.2, -0.15) is 0 Å². The normalized spacial score (nSPS) is 17.8. The molecule has 0 aromatic carbocycles. The molecule has 1 aliphatic rings. The number of thiophene rings is 1. The van der Waals surface area contributed by atoms with Gasteiger partial charge in [0.2, 0.25) is 0 Å². The average molecular weight is 252 g/mol. The molecule has 96 valence electrons. The van der Waals surface area contributed by atoms with E-state index in [1.807, 2.05) is 11.3 Å². The van der Waals surface area contributed by atoms with E-state index in [-0.39, 0.29) is 0 Å². The fourth-order valence-electron chi connectivity index (χ4n) is 2.58. The van der Waals surface area contributed by atoms with E-state index in [4.69, 9.17) is 0 Å². The van der Waals surface area contributed by atoms with Gasteiger partial charge < -0.3 is 10.2 Å². The van der Waals surface area contributed by atoms with Gasteiger partial charge in [0.25, 0.3) is 0 Å². The Hall–Kier alpha value is -0.380. The minimum Gasteiger partial charge on any atom is -0.311 e. The van der Waals surface area contributed by atoms with Gasteiger partial charge in [-0.15, -0.1) is 11.3 Å². The summed E-state index contributed by atoms with van der Waals surface area (Å²) in [7, 11) is 2.28. The Balaban J connectivity index is 1.57. The number of nitrogens with one attached hydrogen (secondary N) is 1. The maximum Gasteiger partial charge on any atom is 0.0300 e. The summed E-state index contributed by atoms with van der Waals surface area (Å²) in [5, 5.41) is 5.67. The quantitative estimate of drug-likeness (QED) is 0.783. The minimum absolute atomic E-state index is 0.840. The van der Waals surface area contributed by atoms with Crippen LogP contribution in [0.4, 0.5) is 0 Å². The second-order valence-electron chi connectivity index (χ2n) is 5.03. The van der Waals surface area contributed by atoms with Crippen molar-refractivity contribution >= 4 is 11.3 Å². The van der Waals surface area contributed by atoms with E-state index in [1.165, 1.54) is 43.5 Å². The average Bonchev–Trinajstić information content (AvgIpc) is 2.88. The van der Waals surface area contributed by atoms with E-state index in [2.05, 4.69) is 34.8 Å². The minimum atomic E-state index is 0.840. The van der Waals surface area contributed by atoms with E-state index >= 15 is 0 Å². The summed E-state index contributed by atoms with van der Waals surface area (Å²) in [6.45, 7) is 3.30. The number of rotatable bonds is 6. The van der Waals surface area contributed by atoms with Gasteiger partial charge in [-0.3, -0.25) is 0 Å². The number of likely N-dealkylation sites (N-methyl/N-ethyl adjacent to an activating group) is 1. The maximum atomic E-state index is 3.53. The third-order valence-electron chi connectivity index (χ3n) is 3.72. The molecule has 1 fully saturated rings. The van der Waals surface area contributed by atoms with Crippen LogP contribution in [0.5, 0.6) is 0 Å². The maximum absolute atomic E-state index is 3.53. The molecule has 2 rings (SSSR count). The predicted molar refractivity (Wildman–Crippen MR) is 75.5 cm³/mol. The van der Waals surface area contributed by atoms with Gasteiger partial charge in [0, 0.05) is 30.6 Å². The first-order chi connectivity index (χ1) is 8.36. The molecule has 2 nitrogen and oxygen atoms in total. The van der Waals surface area contributed by atoms with E-state index in [0.717, 1.165) is 19.1 Å². The van der Waals surface area contributed by atoms with Crippen LogP contribution in [0.15, 0.2) is 17.5 Å². The highest BCUT2D eigenvalue weighted by atomic mass is 32.1. The van der Waals surface area contributed by atoms with Crippen molar-refractivity contribution in [2.75, 3.05) is 20.1 Å². The largest absolute Gasteiger partial charge is 0.311 e. The van der Waals surface area contributed by atoms with Crippen LogP contribution in [0, 0.1) is 0 Å². The topological polar surface area (TPSA) is 15.3 Å². The zero-order valence-corrected chi connectivity index (χ0v) is 11.6. The molecule has 1 aromatic rings. The van der Waals surface area contributed by atoms with Crippen molar-refractivity contribution in [2.24, 2.45) is 0 Å². The van der Waals surface area contributed by atoms with Crippen molar-refractivity contribution in [2.45, 2.75) is 44.7 Å². The Labute approximate surface area is 109 Å². The zero-order valence-electron chi connectivity index (χ0n) is 10.8. The van der Waals surface area contributed by atoms with Crippen LogP contribution in [0.2, 0.25) is 0 Å². The third kappa shape index (κ3) is 4.41. The van der Waals surface area contributed by atoms with Crippen LogP contribution in [-0.2, 0) is 6.54 Å². The molecule has 1 aliphatic carbocycles. The molecule has 3 heteroatoms. The Morgan fingerprint density at radius 3 is 2.88 bits per heavy atom. The number of hydrogen-bond donors (Lipinski definition) is 1. The number of hydrogen-bond acceptors (Lipinski definition) is 3. The van der Waals surface area contributed by atoms with Gasteiger partial charge >= 0.3 is 0 Å². The van der Waals surface area contributed by atoms with E-state index in [9.17, 15) is 0 Å². The molecule has 0 spiro atoms. The Bertz CT molecular complexity index is 291. The molecule has 0 amide bonds.